The van der Waals surface area contributed by atoms with Crippen LogP contribution in [0.25, 0.3) is 10.9 Å². The number of rotatable bonds is 6. The molecule has 0 radical (unpaired) electrons. The maximum Gasteiger partial charge on any atom is 0.261 e. The van der Waals surface area contributed by atoms with Crippen molar-refractivity contribution >= 4 is 29.0 Å². The highest BCUT2D eigenvalue weighted by molar-refractivity contribution is 7.71. The van der Waals surface area contributed by atoms with Crippen molar-refractivity contribution in [3.05, 3.63) is 38.9 Å². The molecule has 0 saturated carbocycles. The SMILES string of the molecule is CC(C)COC[C@H](C)NC(=O)c1ccc2c(=O)n(C)c(=S)[nH]c2c1. The molecule has 1 amide bonds. The third kappa shape index (κ3) is 4.30. The van der Waals surface area contributed by atoms with Crippen LogP contribution in [0.4, 0.5) is 0 Å². The predicted octanol–water partition coefficient (Wildman–Crippen LogP) is 2.39. The summed E-state index contributed by atoms with van der Waals surface area (Å²) in [7, 11) is 1.61. The van der Waals surface area contributed by atoms with E-state index in [0.29, 0.717) is 40.4 Å². The van der Waals surface area contributed by atoms with E-state index in [0.717, 1.165) is 0 Å². The number of hydrogen-bond donors (Lipinski definition) is 2. The zero-order chi connectivity index (χ0) is 17.9. The minimum atomic E-state index is -0.211. The maximum absolute atomic E-state index is 12.3. The molecule has 0 unspecified atom stereocenters. The van der Waals surface area contributed by atoms with Crippen molar-refractivity contribution in [1.29, 1.82) is 0 Å². The standard InChI is InChI=1S/C17H23N3O3S/c1-10(2)8-23-9-11(3)18-15(21)12-5-6-13-14(7-12)19-17(24)20(4)16(13)22/h5-7,10-11H,8-9H2,1-4H3,(H,18,21)(H,19,24)/t11-/m0/s1. The number of ether oxygens (including phenoxy) is 1. The van der Waals surface area contributed by atoms with Crippen LogP contribution in [0, 0.1) is 10.7 Å². The smallest absolute Gasteiger partial charge is 0.261 e. The lowest BCUT2D eigenvalue weighted by atomic mass is 10.1. The fourth-order valence-electron chi connectivity index (χ4n) is 2.28. The number of nitrogens with one attached hydrogen (secondary N) is 2. The zero-order valence-electron chi connectivity index (χ0n) is 14.4. The molecule has 0 saturated heterocycles. The molecular weight excluding hydrogens is 326 g/mol. The van der Waals surface area contributed by atoms with Gasteiger partial charge in [0.05, 0.1) is 17.5 Å². The van der Waals surface area contributed by atoms with E-state index in [2.05, 4.69) is 24.1 Å². The minimum absolute atomic E-state index is 0.103. The van der Waals surface area contributed by atoms with Crippen LogP contribution in [0.15, 0.2) is 23.0 Å². The first kappa shape index (κ1) is 18.4. The van der Waals surface area contributed by atoms with E-state index in [1.54, 1.807) is 25.2 Å². The highest BCUT2D eigenvalue weighted by atomic mass is 32.1. The molecule has 0 fully saturated rings. The van der Waals surface area contributed by atoms with Crippen LogP contribution in [0.5, 0.6) is 0 Å². The van der Waals surface area contributed by atoms with Gasteiger partial charge in [0.2, 0.25) is 0 Å². The molecular formula is C17H23N3O3S. The number of benzene rings is 1. The lowest BCUT2D eigenvalue weighted by molar-refractivity contribution is 0.0792. The topological polar surface area (TPSA) is 76.1 Å². The largest absolute Gasteiger partial charge is 0.379 e. The fourth-order valence-corrected chi connectivity index (χ4v) is 2.47. The molecule has 1 aromatic heterocycles. The van der Waals surface area contributed by atoms with Gasteiger partial charge in [0, 0.05) is 25.3 Å². The molecule has 1 aromatic carbocycles. The van der Waals surface area contributed by atoms with E-state index < -0.39 is 0 Å². The average Bonchev–Trinajstić information content (AvgIpc) is 2.51. The van der Waals surface area contributed by atoms with Crippen molar-refractivity contribution in [3.63, 3.8) is 0 Å². The van der Waals surface area contributed by atoms with E-state index in [4.69, 9.17) is 17.0 Å². The number of carbonyl (C=O) groups excluding carboxylic acids is 1. The molecule has 1 atom stereocenters. The summed E-state index contributed by atoms with van der Waals surface area (Å²) >= 11 is 5.11. The van der Waals surface area contributed by atoms with Crippen molar-refractivity contribution in [2.75, 3.05) is 13.2 Å². The number of nitrogens with zero attached hydrogens (tertiary/aromatic N) is 1. The molecule has 0 spiro atoms. The molecule has 6 nitrogen and oxygen atoms in total. The Bertz CT molecular complexity index is 854. The molecule has 0 bridgehead atoms. The predicted molar refractivity (Wildman–Crippen MR) is 97.0 cm³/mol. The van der Waals surface area contributed by atoms with Crippen molar-refractivity contribution < 1.29 is 9.53 Å². The van der Waals surface area contributed by atoms with E-state index in [9.17, 15) is 9.59 Å². The van der Waals surface area contributed by atoms with E-state index >= 15 is 0 Å². The van der Waals surface area contributed by atoms with E-state index in [-0.39, 0.29) is 17.5 Å². The third-order valence-corrected chi connectivity index (χ3v) is 3.94. The van der Waals surface area contributed by atoms with Crippen LogP contribution in [0.2, 0.25) is 0 Å². The fraction of sp³-hybridized carbons (Fsp3) is 0.471. The van der Waals surface area contributed by atoms with Crippen LogP contribution in [-0.2, 0) is 11.8 Å². The molecule has 2 rings (SSSR count). The highest BCUT2D eigenvalue weighted by Crippen LogP contribution is 2.11. The first-order chi connectivity index (χ1) is 11.3. The number of amides is 1. The Hall–Kier alpha value is -1.99. The molecule has 2 aromatic rings. The third-order valence-electron chi connectivity index (χ3n) is 3.56. The second kappa shape index (κ2) is 7.72. The van der Waals surface area contributed by atoms with Gasteiger partial charge in [-0.2, -0.15) is 0 Å². The van der Waals surface area contributed by atoms with Gasteiger partial charge < -0.3 is 15.0 Å². The Morgan fingerprint density at radius 1 is 1.33 bits per heavy atom. The Kier molecular flexibility index (Phi) is 5.90. The first-order valence-electron chi connectivity index (χ1n) is 7.91. The molecule has 0 aliphatic rings. The minimum Gasteiger partial charge on any atom is -0.379 e. The number of aromatic nitrogens is 2. The molecule has 1 heterocycles. The summed E-state index contributed by atoms with van der Waals surface area (Å²) in [6.07, 6.45) is 0. The van der Waals surface area contributed by atoms with Crippen LogP contribution in [-0.4, -0.2) is 34.7 Å². The molecule has 7 heteroatoms. The van der Waals surface area contributed by atoms with Crippen molar-refractivity contribution in [2.24, 2.45) is 13.0 Å². The van der Waals surface area contributed by atoms with Crippen molar-refractivity contribution in [1.82, 2.24) is 14.9 Å². The van der Waals surface area contributed by atoms with Gasteiger partial charge in [-0.25, -0.2) is 0 Å². The van der Waals surface area contributed by atoms with Gasteiger partial charge in [0.1, 0.15) is 0 Å². The normalized spacial score (nSPS) is 12.5. The molecule has 0 aliphatic carbocycles. The molecule has 0 aliphatic heterocycles. The average molecular weight is 349 g/mol. The van der Waals surface area contributed by atoms with Gasteiger partial charge in [0.25, 0.3) is 11.5 Å². The maximum atomic E-state index is 12.3. The van der Waals surface area contributed by atoms with Gasteiger partial charge in [-0.05, 0) is 43.3 Å². The second-order valence-electron chi connectivity index (χ2n) is 6.36. The number of carbonyl (C=O) groups is 1. The number of H-pyrrole nitrogens is 1. The van der Waals surface area contributed by atoms with E-state index in [1.165, 1.54) is 4.57 Å². The summed E-state index contributed by atoms with van der Waals surface area (Å²) in [6, 6.07) is 4.81. The Labute approximate surface area is 145 Å². The van der Waals surface area contributed by atoms with Gasteiger partial charge in [-0.15, -0.1) is 0 Å². The summed E-state index contributed by atoms with van der Waals surface area (Å²) in [4.78, 5) is 27.5. The lowest BCUT2D eigenvalue weighted by Gasteiger charge is -2.15. The van der Waals surface area contributed by atoms with Gasteiger partial charge in [-0.1, -0.05) is 13.8 Å². The van der Waals surface area contributed by atoms with Crippen LogP contribution in [0.3, 0.4) is 0 Å². The molecule has 24 heavy (non-hydrogen) atoms. The summed E-state index contributed by atoms with van der Waals surface area (Å²) in [6.45, 7) is 7.16. The van der Waals surface area contributed by atoms with Crippen LogP contribution < -0.4 is 10.9 Å². The van der Waals surface area contributed by atoms with Gasteiger partial charge in [0.15, 0.2) is 4.77 Å². The van der Waals surface area contributed by atoms with E-state index in [1.807, 2.05) is 6.92 Å². The van der Waals surface area contributed by atoms with Gasteiger partial charge >= 0.3 is 0 Å². The summed E-state index contributed by atoms with van der Waals surface area (Å²) in [5.74, 6) is 0.247. The number of aromatic amines is 1. The van der Waals surface area contributed by atoms with Crippen molar-refractivity contribution in [2.45, 2.75) is 26.8 Å². The summed E-state index contributed by atoms with van der Waals surface area (Å²) in [5, 5.41) is 3.38. The highest BCUT2D eigenvalue weighted by Gasteiger charge is 2.12. The molecule has 130 valence electrons. The number of hydrogen-bond acceptors (Lipinski definition) is 4. The van der Waals surface area contributed by atoms with Gasteiger partial charge in [-0.3, -0.25) is 14.2 Å². The Morgan fingerprint density at radius 3 is 2.71 bits per heavy atom. The quantitative estimate of drug-likeness (QED) is 0.785. The first-order valence-corrected chi connectivity index (χ1v) is 8.32. The second-order valence-corrected chi connectivity index (χ2v) is 6.75. The number of fused-ring (bicyclic) bond motifs is 1. The van der Waals surface area contributed by atoms with Crippen LogP contribution in [0.1, 0.15) is 31.1 Å². The Morgan fingerprint density at radius 2 is 2.04 bits per heavy atom. The summed E-state index contributed by atoms with van der Waals surface area (Å²) < 4.78 is 7.22. The lowest BCUT2D eigenvalue weighted by Crippen LogP contribution is -2.36. The summed E-state index contributed by atoms with van der Waals surface area (Å²) in [5.41, 5.74) is 0.840. The zero-order valence-corrected chi connectivity index (χ0v) is 15.2. The van der Waals surface area contributed by atoms with Crippen LogP contribution >= 0.6 is 12.2 Å². The Balaban J connectivity index is 2.14. The molecule has 2 N–H and O–H groups in total. The van der Waals surface area contributed by atoms with Crippen molar-refractivity contribution in [3.8, 4) is 0 Å². The monoisotopic (exact) mass is 349 g/mol.